The molecule has 25 heavy (non-hydrogen) atoms. The van der Waals surface area contributed by atoms with Crippen LogP contribution < -0.4 is 4.74 Å². The molecular formula is C17H20N2O5S. The maximum absolute atomic E-state index is 11.2. The Morgan fingerprint density at radius 2 is 2.16 bits per heavy atom. The Morgan fingerprint density at radius 3 is 2.88 bits per heavy atom. The first-order valence-corrected chi connectivity index (χ1v) is 9.45. The number of hydrogen-bond acceptors (Lipinski definition) is 6. The van der Waals surface area contributed by atoms with Crippen LogP contribution >= 0.6 is 0 Å². The number of benzene rings is 1. The monoisotopic (exact) mass is 364 g/mol. The summed E-state index contributed by atoms with van der Waals surface area (Å²) >= 11 is 0. The standard InChI is InChI=1S/C17H20N2O5S/c20-19(9-7-13-2-1-8-18-11-13)12-15-4-3-14-10-16(25(21,22)23)5-6-17(14)24-15/h1-2,5-6,8,10-11,15,20H,3-4,7,9,12H2,(H,21,22,23)/t15-/m0/s1. The molecule has 2 N–H and O–H groups in total. The molecule has 0 bridgehead atoms. The van der Waals surface area contributed by atoms with Crippen LogP contribution in [0.3, 0.4) is 0 Å². The Labute approximate surface area is 146 Å². The predicted molar refractivity (Wildman–Crippen MR) is 90.3 cm³/mol. The van der Waals surface area contributed by atoms with E-state index in [9.17, 15) is 13.6 Å². The fraction of sp³-hybridized carbons (Fsp3) is 0.353. The van der Waals surface area contributed by atoms with Gasteiger partial charge in [0.05, 0.1) is 11.4 Å². The summed E-state index contributed by atoms with van der Waals surface area (Å²) in [4.78, 5) is 3.91. The highest BCUT2D eigenvalue weighted by atomic mass is 32.2. The molecule has 3 rings (SSSR count). The van der Waals surface area contributed by atoms with Crippen molar-refractivity contribution in [1.29, 1.82) is 0 Å². The summed E-state index contributed by atoms with van der Waals surface area (Å²) in [5.74, 6) is 0.587. The van der Waals surface area contributed by atoms with Gasteiger partial charge >= 0.3 is 0 Å². The first kappa shape index (κ1) is 17.8. The largest absolute Gasteiger partial charge is 0.489 e. The number of hydrogen-bond donors (Lipinski definition) is 2. The first-order chi connectivity index (χ1) is 11.9. The fourth-order valence-electron chi connectivity index (χ4n) is 2.84. The Hall–Kier alpha value is -2.00. The van der Waals surface area contributed by atoms with Crippen molar-refractivity contribution < 1.29 is 22.9 Å². The van der Waals surface area contributed by atoms with Crippen molar-refractivity contribution in [3.63, 3.8) is 0 Å². The van der Waals surface area contributed by atoms with Gasteiger partial charge in [0.1, 0.15) is 11.9 Å². The third kappa shape index (κ3) is 4.76. The van der Waals surface area contributed by atoms with Crippen LogP contribution in [0, 0.1) is 0 Å². The van der Waals surface area contributed by atoms with Crippen molar-refractivity contribution in [3.8, 4) is 5.75 Å². The van der Waals surface area contributed by atoms with Crippen LogP contribution in [-0.2, 0) is 23.0 Å². The van der Waals surface area contributed by atoms with Gasteiger partial charge in [-0.1, -0.05) is 6.07 Å². The SMILES string of the molecule is O=S(=O)(O)c1ccc2c(c1)CC[C@@H](CN(O)CCc1cccnc1)O2. The lowest BCUT2D eigenvalue weighted by Crippen LogP contribution is -2.36. The lowest BCUT2D eigenvalue weighted by Gasteiger charge is -2.28. The zero-order valence-corrected chi connectivity index (χ0v) is 14.4. The Balaban J connectivity index is 1.56. The van der Waals surface area contributed by atoms with E-state index in [0.29, 0.717) is 38.1 Å². The van der Waals surface area contributed by atoms with E-state index < -0.39 is 10.1 Å². The van der Waals surface area contributed by atoms with Gasteiger partial charge in [-0.2, -0.15) is 13.5 Å². The molecular weight excluding hydrogens is 344 g/mol. The predicted octanol–water partition coefficient (Wildman–Crippen LogP) is 1.96. The molecule has 1 aromatic heterocycles. The van der Waals surface area contributed by atoms with Gasteiger partial charge in [0.2, 0.25) is 0 Å². The van der Waals surface area contributed by atoms with Crippen molar-refractivity contribution in [2.45, 2.75) is 30.3 Å². The van der Waals surface area contributed by atoms with Crippen LogP contribution in [0.25, 0.3) is 0 Å². The number of hydroxylamine groups is 2. The molecule has 1 aromatic carbocycles. The highest BCUT2D eigenvalue weighted by Crippen LogP contribution is 2.30. The normalized spacial score (nSPS) is 17.2. The average Bonchev–Trinajstić information content (AvgIpc) is 2.59. The molecule has 2 heterocycles. The minimum absolute atomic E-state index is 0.131. The zero-order chi connectivity index (χ0) is 17.9. The van der Waals surface area contributed by atoms with E-state index in [1.54, 1.807) is 18.5 Å². The van der Waals surface area contributed by atoms with E-state index in [1.807, 2.05) is 12.1 Å². The zero-order valence-electron chi connectivity index (χ0n) is 13.6. The number of nitrogens with zero attached hydrogens (tertiary/aromatic N) is 2. The van der Waals surface area contributed by atoms with Crippen molar-refractivity contribution in [2.24, 2.45) is 0 Å². The highest BCUT2D eigenvalue weighted by molar-refractivity contribution is 7.85. The number of aromatic nitrogens is 1. The number of ether oxygens (including phenoxy) is 1. The van der Waals surface area contributed by atoms with Crippen LogP contribution in [0.1, 0.15) is 17.5 Å². The van der Waals surface area contributed by atoms with Crippen molar-refractivity contribution in [2.75, 3.05) is 13.1 Å². The molecule has 0 radical (unpaired) electrons. The topological polar surface area (TPSA) is 100.0 Å². The van der Waals surface area contributed by atoms with Crippen molar-refractivity contribution in [1.82, 2.24) is 10.0 Å². The summed E-state index contributed by atoms with van der Waals surface area (Å²) < 4.78 is 37.3. The number of rotatable bonds is 6. The van der Waals surface area contributed by atoms with Crippen LogP contribution in [-0.4, -0.2) is 47.4 Å². The molecule has 2 aromatic rings. The number of aryl methyl sites for hydroxylation is 1. The summed E-state index contributed by atoms with van der Waals surface area (Å²) in [5.41, 5.74) is 1.79. The van der Waals surface area contributed by atoms with Crippen LogP contribution in [0.5, 0.6) is 5.75 Å². The van der Waals surface area contributed by atoms with Crippen molar-refractivity contribution >= 4 is 10.1 Å². The Bertz CT molecular complexity index is 826. The molecule has 0 spiro atoms. The molecule has 0 aliphatic carbocycles. The summed E-state index contributed by atoms with van der Waals surface area (Å²) in [6, 6.07) is 8.11. The van der Waals surface area contributed by atoms with E-state index >= 15 is 0 Å². The van der Waals surface area contributed by atoms with Crippen LogP contribution in [0.2, 0.25) is 0 Å². The maximum atomic E-state index is 11.2. The molecule has 0 unspecified atom stereocenters. The molecule has 8 heteroatoms. The lowest BCUT2D eigenvalue weighted by atomic mass is 10.0. The minimum Gasteiger partial charge on any atom is -0.489 e. The molecule has 0 saturated heterocycles. The lowest BCUT2D eigenvalue weighted by molar-refractivity contribution is -0.110. The van der Waals surface area contributed by atoms with E-state index in [4.69, 9.17) is 9.29 Å². The van der Waals surface area contributed by atoms with Crippen molar-refractivity contribution in [3.05, 3.63) is 53.9 Å². The Kier molecular flexibility index (Phi) is 5.33. The second-order valence-electron chi connectivity index (χ2n) is 6.05. The van der Waals surface area contributed by atoms with Gasteiger partial charge in [-0.15, -0.1) is 0 Å². The highest BCUT2D eigenvalue weighted by Gasteiger charge is 2.23. The van der Waals surface area contributed by atoms with Gasteiger partial charge in [-0.25, -0.2) is 0 Å². The first-order valence-electron chi connectivity index (χ1n) is 8.01. The van der Waals surface area contributed by atoms with E-state index in [1.165, 1.54) is 17.2 Å². The van der Waals surface area contributed by atoms with Crippen LogP contribution in [0.15, 0.2) is 47.6 Å². The summed E-state index contributed by atoms with van der Waals surface area (Å²) in [6.07, 6.45) is 5.27. The average molecular weight is 364 g/mol. The van der Waals surface area contributed by atoms with E-state index in [0.717, 1.165) is 11.1 Å². The molecule has 0 amide bonds. The summed E-state index contributed by atoms with van der Waals surface area (Å²) in [5, 5.41) is 11.3. The quantitative estimate of drug-likeness (QED) is 0.597. The summed E-state index contributed by atoms with van der Waals surface area (Å²) in [7, 11) is -4.21. The molecule has 7 nitrogen and oxygen atoms in total. The molecule has 0 fully saturated rings. The van der Waals surface area contributed by atoms with Gasteiger partial charge < -0.3 is 9.94 Å². The van der Waals surface area contributed by atoms with E-state index in [-0.39, 0.29) is 11.0 Å². The smallest absolute Gasteiger partial charge is 0.294 e. The molecule has 1 aliphatic rings. The molecule has 1 atom stereocenters. The fourth-order valence-corrected chi connectivity index (χ4v) is 3.37. The maximum Gasteiger partial charge on any atom is 0.294 e. The third-order valence-corrected chi connectivity index (χ3v) is 5.00. The number of pyridine rings is 1. The van der Waals surface area contributed by atoms with Gasteiger partial charge in [0.25, 0.3) is 10.1 Å². The summed E-state index contributed by atoms with van der Waals surface area (Å²) in [6.45, 7) is 0.833. The second-order valence-corrected chi connectivity index (χ2v) is 7.47. The van der Waals surface area contributed by atoms with Gasteiger partial charge in [-0.3, -0.25) is 9.54 Å². The third-order valence-electron chi connectivity index (χ3n) is 4.15. The molecule has 1 aliphatic heterocycles. The van der Waals surface area contributed by atoms with E-state index in [2.05, 4.69) is 4.98 Å². The minimum atomic E-state index is -4.21. The van der Waals surface area contributed by atoms with Gasteiger partial charge in [-0.05, 0) is 54.7 Å². The Morgan fingerprint density at radius 1 is 1.32 bits per heavy atom. The van der Waals surface area contributed by atoms with Gasteiger partial charge in [0.15, 0.2) is 0 Å². The number of fused-ring (bicyclic) bond motifs is 1. The van der Waals surface area contributed by atoms with Crippen LogP contribution in [0.4, 0.5) is 0 Å². The molecule has 0 saturated carbocycles. The van der Waals surface area contributed by atoms with Gasteiger partial charge in [0, 0.05) is 18.9 Å². The molecule has 134 valence electrons. The second kappa shape index (κ2) is 7.49.